The average Bonchev–Trinajstić information content (AvgIpc) is 2.37. The van der Waals surface area contributed by atoms with E-state index in [1.165, 1.54) is 26.2 Å². The fraction of sp³-hybridized carbons (Fsp3) is 0.231. The van der Waals surface area contributed by atoms with E-state index in [1.807, 2.05) is 0 Å². The van der Waals surface area contributed by atoms with Gasteiger partial charge in [-0.25, -0.2) is 4.79 Å². The average molecular weight is 302 g/mol. The topological polar surface area (TPSA) is 55.4 Å². The van der Waals surface area contributed by atoms with Gasteiger partial charge in [0.15, 0.2) is 0 Å². The predicted molar refractivity (Wildman–Crippen MR) is 75.1 cm³/mol. The summed E-state index contributed by atoms with van der Waals surface area (Å²) >= 11 is 11.9. The maximum Gasteiger partial charge on any atom is 0.328 e. The van der Waals surface area contributed by atoms with Crippen LogP contribution < -0.4 is 5.32 Å². The largest absolute Gasteiger partial charge is 0.467 e. The standard InChI is InChI=1S/C13H13Cl2NO3/c1-8(13(18)19-2)16-12(17)7-6-9-10(14)4-3-5-11(9)15/h3-8H,1-2H3,(H,16,17)/b7-6+/t8-/m0/s1. The van der Waals surface area contributed by atoms with E-state index in [0.29, 0.717) is 15.6 Å². The molecule has 0 aliphatic carbocycles. The Morgan fingerprint density at radius 3 is 2.42 bits per heavy atom. The number of hydrogen-bond acceptors (Lipinski definition) is 3. The lowest BCUT2D eigenvalue weighted by Crippen LogP contribution is -2.38. The number of methoxy groups -OCH3 is 1. The minimum Gasteiger partial charge on any atom is -0.467 e. The molecule has 0 aliphatic heterocycles. The maximum atomic E-state index is 11.6. The van der Waals surface area contributed by atoms with E-state index in [4.69, 9.17) is 23.2 Å². The van der Waals surface area contributed by atoms with Gasteiger partial charge in [-0.15, -0.1) is 0 Å². The number of benzene rings is 1. The maximum absolute atomic E-state index is 11.6. The summed E-state index contributed by atoms with van der Waals surface area (Å²) in [6.07, 6.45) is 2.75. The van der Waals surface area contributed by atoms with Gasteiger partial charge in [-0.1, -0.05) is 29.3 Å². The zero-order chi connectivity index (χ0) is 14.4. The van der Waals surface area contributed by atoms with Crippen molar-refractivity contribution in [2.75, 3.05) is 7.11 Å². The van der Waals surface area contributed by atoms with Crippen molar-refractivity contribution in [1.29, 1.82) is 0 Å². The van der Waals surface area contributed by atoms with Crippen molar-refractivity contribution in [3.63, 3.8) is 0 Å². The van der Waals surface area contributed by atoms with Crippen LogP contribution in [0.1, 0.15) is 12.5 Å². The van der Waals surface area contributed by atoms with Crippen LogP contribution in [-0.2, 0) is 14.3 Å². The first-order chi connectivity index (χ1) is 8.95. The Bertz CT molecular complexity index is 494. The molecule has 0 saturated heterocycles. The van der Waals surface area contributed by atoms with Gasteiger partial charge in [-0.3, -0.25) is 4.79 Å². The van der Waals surface area contributed by atoms with Crippen LogP contribution in [0.2, 0.25) is 10.0 Å². The molecule has 0 saturated carbocycles. The lowest BCUT2D eigenvalue weighted by Gasteiger charge is -2.09. The Kier molecular flexibility index (Phi) is 5.86. The highest BCUT2D eigenvalue weighted by molar-refractivity contribution is 6.37. The van der Waals surface area contributed by atoms with Crippen LogP contribution >= 0.6 is 23.2 Å². The van der Waals surface area contributed by atoms with Gasteiger partial charge in [0.1, 0.15) is 6.04 Å². The Morgan fingerprint density at radius 1 is 1.32 bits per heavy atom. The molecule has 6 heteroatoms. The lowest BCUT2D eigenvalue weighted by atomic mass is 10.2. The first-order valence-electron chi connectivity index (χ1n) is 5.46. The molecule has 0 fully saturated rings. The SMILES string of the molecule is COC(=O)[C@H](C)NC(=O)/C=C/c1c(Cl)cccc1Cl. The van der Waals surface area contributed by atoms with E-state index in [9.17, 15) is 9.59 Å². The molecule has 1 aromatic carbocycles. The first kappa shape index (κ1) is 15.5. The Balaban J connectivity index is 2.72. The molecule has 1 amide bonds. The van der Waals surface area contributed by atoms with E-state index < -0.39 is 17.9 Å². The quantitative estimate of drug-likeness (QED) is 0.687. The molecule has 1 atom stereocenters. The molecular formula is C13H13Cl2NO3. The van der Waals surface area contributed by atoms with Crippen molar-refractivity contribution in [3.8, 4) is 0 Å². The molecule has 0 unspecified atom stereocenters. The van der Waals surface area contributed by atoms with Crippen molar-refractivity contribution in [1.82, 2.24) is 5.32 Å². The Hall–Kier alpha value is -1.52. The number of carbonyl (C=O) groups is 2. The molecule has 4 nitrogen and oxygen atoms in total. The van der Waals surface area contributed by atoms with Crippen molar-refractivity contribution in [3.05, 3.63) is 39.9 Å². The number of ether oxygens (including phenoxy) is 1. The third-order valence-electron chi connectivity index (χ3n) is 2.31. The van der Waals surface area contributed by atoms with E-state index >= 15 is 0 Å². The Labute approximate surface area is 121 Å². The van der Waals surface area contributed by atoms with Gasteiger partial charge in [-0.05, 0) is 25.1 Å². The normalized spacial score (nSPS) is 12.2. The molecule has 0 spiro atoms. The summed E-state index contributed by atoms with van der Waals surface area (Å²) in [5.41, 5.74) is 0.548. The van der Waals surface area contributed by atoms with Crippen LogP contribution in [0, 0.1) is 0 Å². The van der Waals surface area contributed by atoms with Gasteiger partial charge in [0.25, 0.3) is 0 Å². The monoisotopic (exact) mass is 301 g/mol. The molecular weight excluding hydrogens is 289 g/mol. The summed E-state index contributed by atoms with van der Waals surface area (Å²) in [4.78, 5) is 22.7. The number of amides is 1. The third-order valence-corrected chi connectivity index (χ3v) is 2.97. The first-order valence-corrected chi connectivity index (χ1v) is 6.21. The molecule has 0 aliphatic rings. The molecule has 1 N–H and O–H groups in total. The van der Waals surface area contributed by atoms with Gasteiger partial charge in [0.2, 0.25) is 5.91 Å². The number of nitrogens with one attached hydrogen (secondary N) is 1. The van der Waals surface area contributed by atoms with E-state index in [1.54, 1.807) is 18.2 Å². The highest BCUT2D eigenvalue weighted by atomic mass is 35.5. The van der Waals surface area contributed by atoms with Crippen LogP contribution in [0.25, 0.3) is 6.08 Å². The molecule has 1 rings (SSSR count). The van der Waals surface area contributed by atoms with Crippen molar-refractivity contribution < 1.29 is 14.3 Å². The van der Waals surface area contributed by atoms with Crippen molar-refractivity contribution in [2.24, 2.45) is 0 Å². The van der Waals surface area contributed by atoms with Gasteiger partial charge >= 0.3 is 5.97 Å². The second kappa shape index (κ2) is 7.16. The highest BCUT2D eigenvalue weighted by Crippen LogP contribution is 2.25. The summed E-state index contributed by atoms with van der Waals surface area (Å²) < 4.78 is 4.49. The molecule has 102 valence electrons. The Morgan fingerprint density at radius 2 is 1.89 bits per heavy atom. The molecule has 0 aromatic heterocycles. The number of carbonyl (C=O) groups excluding carboxylic acids is 2. The lowest BCUT2D eigenvalue weighted by molar-refractivity contribution is -0.144. The van der Waals surface area contributed by atoms with Gasteiger partial charge in [0, 0.05) is 21.7 Å². The van der Waals surface area contributed by atoms with Crippen LogP contribution in [0.3, 0.4) is 0 Å². The zero-order valence-electron chi connectivity index (χ0n) is 10.4. The fourth-order valence-corrected chi connectivity index (χ4v) is 1.85. The summed E-state index contributed by atoms with van der Waals surface area (Å²) in [7, 11) is 1.25. The smallest absolute Gasteiger partial charge is 0.328 e. The summed E-state index contributed by atoms with van der Waals surface area (Å²) in [5, 5.41) is 3.34. The number of halogens is 2. The fourth-order valence-electron chi connectivity index (χ4n) is 1.33. The number of rotatable bonds is 4. The molecule has 19 heavy (non-hydrogen) atoms. The second-order valence-electron chi connectivity index (χ2n) is 3.72. The number of hydrogen-bond donors (Lipinski definition) is 1. The van der Waals surface area contributed by atoms with E-state index in [2.05, 4.69) is 10.1 Å². The zero-order valence-corrected chi connectivity index (χ0v) is 12.0. The van der Waals surface area contributed by atoms with Crippen molar-refractivity contribution in [2.45, 2.75) is 13.0 Å². The molecule has 1 aromatic rings. The van der Waals surface area contributed by atoms with Gasteiger partial charge < -0.3 is 10.1 Å². The molecule has 0 radical (unpaired) electrons. The van der Waals surface area contributed by atoms with E-state index in [-0.39, 0.29) is 0 Å². The van der Waals surface area contributed by atoms with Crippen LogP contribution in [-0.4, -0.2) is 25.0 Å². The number of esters is 1. The van der Waals surface area contributed by atoms with Gasteiger partial charge in [0.05, 0.1) is 7.11 Å². The minimum absolute atomic E-state index is 0.436. The predicted octanol–water partition coefficient (Wildman–Crippen LogP) is 2.68. The summed E-state index contributed by atoms with van der Waals surface area (Å²) in [6.45, 7) is 1.53. The molecule has 0 bridgehead atoms. The second-order valence-corrected chi connectivity index (χ2v) is 4.54. The van der Waals surface area contributed by atoms with E-state index in [0.717, 1.165) is 0 Å². The van der Waals surface area contributed by atoms with Crippen LogP contribution in [0.5, 0.6) is 0 Å². The van der Waals surface area contributed by atoms with Crippen LogP contribution in [0.4, 0.5) is 0 Å². The minimum atomic E-state index is -0.719. The highest BCUT2D eigenvalue weighted by Gasteiger charge is 2.14. The summed E-state index contributed by atoms with van der Waals surface area (Å²) in [5.74, 6) is -0.952. The van der Waals surface area contributed by atoms with Crippen LogP contribution in [0.15, 0.2) is 24.3 Å². The molecule has 0 heterocycles. The third kappa shape index (κ3) is 4.58. The van der Waals surface area contributed by atoms with Gasteiger partial charge in [-0.2, -0.15) is 0 Å². The van der Waals surface area contributed by atoms with Crippen molar-refractivity contribution >= 4 is 41.2 Å². The summed E-state index contributed by atoms with van der Waals surface area (Å²) in [6, 6.07) is 4.33.